The molecule has 1 aliphatic heterocycles. The molecular formula is C14H21N3. The van der Waals surface area contributed by atoms with Crippen LogP contribution in [-0.2, 0) is 0 Å². The number of anilines is 1. The monoisotopic (exact) mass is 231 g/mol. The highest BCUT2D eigenvalue weighted by Gasteiger charge is 2.22. The minimum Gasteiger partial charge on any atom is -0.367 e. The average Bonchev–Trinajstić information content (AvgIpc) is 3.15. The van der Waals surface area contributed by atoms with Crippen molar-refractivity contribution in [3.05, 3.63) is 23.9 Å². The summed E-state index contributed by atoms with van der Waals surface area (Å²) >= 11 is 0. The SMILES string of the molecule is CN1CCCC[C@H]1c1ccc(NC2CC2)nc1. The maximum atomic E-state index is 4.53. The van der Waals surface area contributed by atoms with Gasteiger partial charge in [0.05, 0.1) is 0 Å². The van der Waals surface area contributed by atoms with Crippen LogP contribution in [0.1, 0.15) is 43.7 Å². The van der Waals surface area contributed by atoms with Crippen LogP contribution in [0.3, 0.4) is 0 Å². The molecule has 0 radical (unpaired) electrons. The van der Waals surface area contributed by atoms with Gasteiger partial charge in [0.15, 0.2) is 0 Å². The molecule has 0 bridgehead atoms. The van der Waals surface area contributed by atoms with Crippen molar-refractivity contribution in [2.24, 2.45) is 0 Å². The molecule has 2 heterocycles. The molecule has 2 aliphatic rings. The van der Waals surface area contributed by atoms with E-state index in [4.69, 9.17) is 0 Å². The normalized spacial score (nSPS) is 25.8. The van der Waals surface area contributed by atoms with E-state index in [0.717, 1.165) is 5.82 Å². The second kappa shape index (κ2) is 4.65. The van der Waals surface area contributed by atoms with Crippen molar-refractivity contribution in [2.75, 3.05) is 18.9 Å². The summed E-state index contributed by atoms with van der Waals surface area (Å²) in [7, 11) is 2.22. The van der Waals surface area contributed by atoms with Crippen LogP contribution < -0.4 is 5.32 Å². The van der Waals surface area contributed by atoms with Crippen LogP contribution in [-0.4, -0.2) is 29.5 Å². The molecule has 1 saturated heterocycles. The molecule has 92 valence electrons. The molecule has 3 rings (SSSR count). The number of nitrogens with zero attached hydrogens (tertiary/aromatic N) is 2. The van der Waals surface area contributed by atoms with Crippen LogP contribution in [0.5, 0.6) is 0 Å². The van der Waals surface area contributed by atoms with Crippen LogP contribution >= 0.6 is 0 Å². The van der Waals surface area contributed by atoms with Gasteiger partial charge in [-0.1, -0.05) is 12.5 Å². The standard InChI is InChI=1S/C14H21N3/c1-17-9-3-2-4-13(17)11-5-8-14(15-10-11)16-12-6-7-12/h5,8,10,12-13H,2-4,6-7,9H2,1H3,(H,15,16)/t13-/m0/s1. The molecule has 3 heteroatoms. The molecule has 1 N–H and O–H groups in total. The molecule has 1 saturated carbocycles. The molecule has 0 amide bonds. The lowest BCUT2D eigenvalue weighted by Crippen LogP contribution is -2.29. The van der Waals surface area contributed by atoms with E-state index in [-0.39, 0.29) is 0 Å². The summed E-state index contributed by atoms with van der Waals surface area (Å²) in [4.78, 5) is 6.98. The molecule has 3 nitrogen and oxygen atoms in total. The molecule has 0 unspecified atom stereocenters. The molecule has 1 atom stereocenters. The highest BCUT2D eigenvalue weighted by molar-refractivity contribution is 5.38. The number of pyridine rings is 1. The molecule has 1 aromatic heterocycles. The van der Waals surface area contributed by atoms with E-state index >= 15 is 0 Å². The predicted octanol–water partition coefficient (Wildman–Crippen LogP) is 2.81. The lowest BCUT2D eigenvalue weighted by atomic mass is 9.97. The number of likely N-dealkylation sites (tertiary alicyclic amines) is 1. The van der Waals surface area contributed by atoms with Crippen molar-refractivity contribution in [3.8, 4) is 0 Å². The molecule has 2 fully saturated rings. The van der Waals surface area contributed by atoms with Crippen LogP contribution in [0.4, 0.5) is 5.82 Å². The van der Waals surface area contributed by atoms with Gasteiger partial charge in [0, 0.05) is 18.3 Å². The Kier molecular flexibility index (Phi) is 3.02. The zero-order chi connectivity index (χ0) is 11.7. The van der Waals surface area contributed by atoms with Crippen molar-refractivity contribution >= 4 is 5.82 Å². The lowest BCUT2D eigenvalue weighted by molar-refractivity contribution is 0.187. The minimum atomic E-state index is 0.575. The summed E-state index contributed by atoms with van der Waals surface area (Å²) < 4.78 is 0. The Morgan fingerprint density at radius 1 is 1.24 bits per heavy atom. The first-order valence-corrected chi connectivity index (χ1v) is 6.75. The van der Waals surface area contributed by atoms with Crippen molar-refractivity contribution in [3.63, 3.8) is 0 Å². The second-order valence-electron chi connectivity index (χ2n) is 5.39. The third kappa shape index (κ3) is 2.60. The van der Waals surface area contributed by atoms with Crippen LogP contribution in [0.2, 0.25) is 0 Å². The maximum absolute atomic E-state index is 4.53. The predicted molar refractivity (Wildman–Crippen MR) is 70.1 cm³/mol. The summed E-state index contributed by atoms with van der Waals surface area (Å²) in [5.41, 5.74) is 1.37. The van der Waals surface area contributed by atoms with E-state index < -0.39 is 0 Å². The zero-order valence-electron chi connectivity index (χ0n) is 10.5. The average molecular weight is 231 g/mol. The fourth-order valence-electron chi connectivity index (χ4n) is 2.62. The number of piperidine rings is 1. The highest BCUT2D eigenvalue weighted by Crippen LogP contribution is 2.30. The van der Waals surface area contributed by atoms with Gasteiger partial charge < -0.3 is 5.32 Å². The van der Waals surface area contributed by atoms with E-state index in [0.29, 0.717) is 12.1 Å². The summed E-state index contributed by atoms with van der Waals surface area (Å²) in [6, 6.07) is 5.64. The zero-order valence-corrected chi connectivity index (χ0v) is 10.5. The molecule has 1 aliphatic carbocycles. The van der Waals surface area contributed by atoms with E-state index in [2.05, 4.69) is 40.6 Å². The van der Waals surface area contributed by atoms with Gasteiger partial charge in [0.1, 0.15) is 5.82 Å². The summed E-state index contributed by atoms with van der Waals surface area (Å²) in [5.74, 6) is 1.04. The van der Waals surface area contributed by atoms with Gasteiger partial charge in [0.2, 0.25) is 0 Å². The largest absolute Gasteiger partial charge is 0.367 e. The molecule has 0 aromatic carbocycles. The molecular weight excluding hydrogens is 210 g/mol. The van der Waals surface area contributed by atoms with Gasteiger partial charge in [-0.2, -0.15) is 0 Å². The Balaban J connectivity index is 1.69. The smallest absolute Gasteiger partial charge is 0.126 e. The number of hydrogen-bond donors (Lipinski definition) is 1. The minimum absolute atomic E-state index is 0.575. The summed E-state index contributed by atoms with van der Waals surface area (Å²) in [6.45, 7) is 1.22. The Bertz CT molecular complexity index is 370. The van der Waals surface area contributed by atoms with Gasteiger partial charge in [-0.3, -0.25) is 4.90 Å². The Hall–Kier alpha value is -1.09. The highest BCUT2D eigenvalue weighted by atomic mass is 15.1. The lowest BCUT2D eigenvalue weighted by Gasteiger charge is -2.32. The number of hydrogen-bond acceptors (Lipinski definition) is 3. The third-order valence-corrected chi connectivity index (χ3v) is 3.87. The first-order valence-electron chi connectivity index (χ1n) is 6.75. The topological polar surface area (TPSA) is 28.2 Å². The van der Waals surface area contributed by atoms with Crippen molar-refractivity contribution < 1.29 is 0 Å². The van der Waals surface area contributed by atoms with Crippen LogP contribution in [0.25, 0.3) is 0 Å². The van der Waals surface area contributed by atoms with E-state index in [1.165, 1.54) is 44.2 Å². The fraction of sp³-hybridized carbons (Fsp3) is 0.643. The molecule has 17 heavy (non-hydrogen) atoms. The number of aromatic nitrogens is 1. The first kappa shape index (κ1) is 11.0. The summed E-state index contributed by atoms with van der Waals surface area (Å²) in [5, 5.41) is 3.43. The Morgan fingerprint density at radius 2 is 2.12 bits per heavy atom. The van der Waals surface area contributed by atoms with Gasteiger partial charge >= 0.3 is 0 Å². The number of rotatable bonds is 3. The first-order chi connectivity index (χ1) is 8.33. The Morgan fingerprint density at radius 3 is 2.76 bits per heavy atom. The number of nitrogens with one attached hydrogen (secondary N) is 1. The van der Waals surface area contributed by atoms with E-state index in [9.17, 15) is 0 Å². The van der Waals surface area contributed by atoms with E-state index in [1.807, 2.05) is 0 Å². The van der Waals surface area contributed by atoms with Crippen molar-refractivity contribution in [1.82, 2.24) is 9.88 Å². The van der Waals surface area contributed by atoms with Gasteiger partial charge in [0.25, 0.3) is 0 Å². The third-order valence-electron chi connectivity index (χ3n) is 3.87. The van der Waals surface area contributed by atoms with E-state index in [1.54, 1.807) is 0 Å². The maximum Gasteiger partial charge on any atom is 0.126 e. The Labute approximate surface area is 103 Å². The van der Waals surface area contributed by atoms with Gasteiger partial charge in [-0.15, -0.1) is 0 Å². The van der Waals surface area contributed by atoms with Gasteiger partial charge in [-0.05, 0) is 50.9 Å². The molecule has 1 aromatic rings. The van der Waals surface area contributed by atoms with Crippen LogP contribution in [0.15, 0.2) is 18.3 Å². The quantitative estimate of drug-likeness (QED) is 0.867. The fourth-order valence-corrected chi connectivity index (χ4v) is 2.62. The van der Waals surface area contributed by atoms with Crippen LogP contribution in [0, 0.1) is 0 Å². The summed E-state index contributed by atoms with van der Waals surface area (Å²) in [6.07, 6.45) is 8.60. The second-order valence-corrected chi connectivity index (χ2v) is 5.39. The molecule has 0 spiro atoms. The van der Waals surface area contributed by atoms with Gasteiger partial charge in [-0.25, -0.2) is 4.98 Å². The van der Waals surface area contributed by atoms with Crippen molar-refractivity contribution in [2.45, 2.75) is 44.2 Å². The van der Waals surface area contributed by atoms with Crippen molar-refractivity contribution in [1.29, 1.82) is 0 Å².